The van der Waals surface area contributed by atoms with E-state index in [0.717, 1.165) is 26.9 Å². The van der Waals surface area contributed by atoms with E-state index in [1.165, 1.54) is 16.9 Å². The van der Waals surface area contributed by atoms with Crippen molar-refractivity contribution in [3.63, 3.8) is 0 Å². The van der Waals surface area contributed by atoms with Gasteiger partial charge < -0.3 is 15.2 Å². The third kappa shape index (κ3) is 3.44. The smallest absolute Gasteiger partial charge is 0.234 e. The Bertz CT molecular complexity index is 1100. The minimum absolute atomic E-state index is 0.216. The number of aromatic nitrogens is 4. The van der Waals surface area contributed by atoms with E-state index in [-0.39, 0.29) is 6.04 Å². The molecule has 0 saturated heterocycles. The number of aryl methyl sites for hydroxylation is 1. The van der Waals surface area contributed by atoms with Gasteiger partial charge in [0.1, 0.15) is 5.01 Å². The van der Waals surface area contributed by atoms with Crippen LogP contribution in [0.15, 0.2) is 42.5 Å². The van der Waals surface area contributed by atoms with Gasteiger partial charge in [0.15, 0.2) is 17.3 Å². The Morgan fingerprint density at radius 3 is 2.50 bits per heavy atom. The summed E-state index contributed by atoms with van der Waals surface area (Å²) < 4.78 is 12.4. The Hall–Kier alpha value is -2.97. The first kappa shape index (κ1) is 18.4. The number of fused-ring (bicyclic) bond motifs is 1. The second-order valence-electron chi connectivity index (χ2n) is 6.50. The molecule has 0 aliphatic carbocycles. The summed E-state index contributed by atoms with van der Waals surface area (Å²) in [6.45, 7) is 2.06. The van der Waals surface area contributed by atoms with Crippen LogP contribution >= 0.6 is 11.3 Å². The molecule has 2 N–H and O–H groups in total. The molecule has 0 aliphatic heterocycles. The number of ether oxygens (including phenoxy) is 2. The lowest BCUT2D eigenvalue weighted by Crippen LogP contribution is -2.13. The molecule has 1 unspecified atom stereocenters. The fourth-order valence-electron chi connectivity index (χ4n) is 3.01. The van der Waals surface area contributed by atoms with Crippen molar-refractivity contribution < 1.29 is 9.47 Å². The van der Waals surface area contributed by atoms with Crippen molar-refractivity contribution in [1.82, 2.24) is 19.8 Å². The topological polar surface area (TPSA) is 87.6 Å². The Balaban J connectivity index is 1.59. The van der Waals surface area contributed by atoms with Crippen LogP contribution in [-0.4, -0.2) is 34.0 Å². The summed E-state index contributed by atoms with van der Waals surface area (Å²) in [5, 5.41) is 14.1. The quantitative estimate of drug-likeness (QED) is 0.538. The molecule has 0 fully saturated rings. The van der Waals surface area contributed by atoms with Gasteiger partial charge in [0.2, 0.25) is 4.96 Å². The molecule has 0 aliphatic rings. The number of methoxy groups -OCH3 is 2. The monoisotopic (exact) mass is 395 g/mol. The van der Waals surface area contributed by atoms with Gasteiger partial charge in [0.25, 0.3) is 0 Å². The van der Waals surface area contributed by atoms with E-state index < -0.39 is 0 Å². The summed E-state index contributed by atoms with van der Waals surface area (Å²) in [7, 11) is 3.23. The first-order valence-electron chi connectivity index (χ1n) is 8.84. The first-order valence-corrected chi connectivity index (χ1v) is 9.66. The van der Waals surface area contributed by atoms with E-state index >= 15 is 0 Å². The van der Waals surface area contributed by atoms with Crippen molar-refractivity contribution in [2.75, 3.05) is 14.2 Å². The van der Waals surface area contributed by atoms with Crippen molar-refractivity contribution in [2.24, 2.45) is 5.73 Å². The molecule has 28 heavy (non-hydrogen) atoms. The van der Waals surface area contributed by atoms with Gasteiger partial charge in [-0.1, -0.05) is 47.2 Å². The summed E-state index contributed by atoms with van der Waals surface area (Å²) in [4.78, 5) is 0.755. The van der Waals surface area contributed by atoms with E-state index in [4.69, 9.17) is 15.2 Å². The molecule has 0 saturated carbocycles. The lowest BCUT2D eigenvalue weighted by molar-refractivity contribution is 0.354. The zero-order valence-corrected chi connectivity index (χ0v) is 16.7. The second kappa shape index (κ2) is 7.57. The summed E-state index contributed by atoms with van der Waals surface area (Å²) in [5.74, 6) is 2.08. The van der Waals surface area contributed by atoms with Crippen molar-refractivity contribution in [1.29, 1.82) is 0 Å². The Labute approximate surface area is 166 Å². The highest BCUT2D eigenvalue weighted by atomic mass is 32.1. The van der Waals surface area contributed by atoms with Crippen molar-refractivity contribution in [3.05, 3.63) is 58.6 Å². The predicted molar refractivity (Wildman–Crippen MR) is 109 cm³/mol. The highest BCUT2D eigenvalue weighted by molar-refractivity contribution is 7.16. The van der Waals surface area contributed by atoms with Crippen molar-refractivity contribution in [3.8, 4) is 22.9 Å². The molecule has 1 atom stereocenters. The maximum Gasteiger partial charge on any atom is 0.234 e. The Kier molecular flexibility index (Phi) is 4.97. The van der Waals surface area contributed by atoms with E-state index in [2.05, 4.69) is 34.4 Å². The third-order valence-corrected chi connectivity index (χ3v) is 5.49. The molecule has 2 aromatic heterocycles. The fourth-order valence-corrected chi connectivity index (χ4v) is 3.90. The van der Waals surface area contributed by atoms with Crippen LogP contribution in [0.4, 0.5) is 0 Å². The van der Waals surface area contributed by atoms with Crippen molar-refractivity contribution in [2.45, 2.75) is 19.4 Å². The lowest BCUT2D eigenvalue weighted by Gasteiger charge is -2.13. The van der Waals surface area contributed by atoms with Crippen LogP contribution in [0.3, 0.4) is 0 Å². The molecular weight excluding hydrogens is 374 g/mol. The fraction of sp³-hybridized carbons (Fsp3) is 0.250. The molecular formula is C20H21N5O2S. The zero-order valence-electron chi connectivity index (χ0n) is 15.9. The molecule has 4 aromatic rings. The average Bonchev–Trinajstić information content (AvgIpc) is 3.28. The number of nitrogens with zero attached hydrogens (tertiary/aromatic N) is 4. The lowest BCUT2D eigenvalue weighted by atomic mass is 10.0. The number of hydrogen-bond acceptors (Lipinski definition) is 7. The molecule has 0 spiro atoms. The van der Waals surface area contributed by atoms with E-state index in [1.54, 1.807) is 18.7 Å². The minimum Gasteiger partial charge on any atom is -0.493 e. The van der Waals surface area contributed by atoms with Crippen LogP contribution in [-0.2, 0) is 6.42 Å². The third-order valence-electron chi connectivity index (χ3n) is 4.57. The summed E-state index contributed by atoms with van der Waals surface area (Å²) >= 11 is 1.50. The second-order valence-corrected chi connectivity index (χ2v) is 7.55. The number of hydrogen-bond donors (Lipinski definition) is 1. The molecule has 0 radical (unpaired) electrons. The summed E-state index contributed by atoms with van der Waals surface area (Å²) in [6.07, 6.45) is 0.594. The number of benzene rings is 2. The van der Waals surface area contributed by atoms with Gasteiger partial charge in [-0.15, -0.1) is 10.2 Å². The van der Waals surface area contributed by atoms with Gasteiger partial charge in [-0.2, -0.15) is 9.61 Å². The van der Waals surface area contributed by atoms with Gasteiger partial charge >= 0.3 is 0 Å². The molecule has 2 heterocycles. The Morgan fingerprint density at radius 1 is 1.04 bits per heavy atom. The van der Waals surface area contributed by atoms with Gasteiger partial charge in [-0.3, -0.25) is 0 Å². The van der Waals surface area contributed by atoms with E-state index in [9.17, 15) is 0 Å². The molecule has 4 rings (SSSR count). The highest BCUT2D eigenvalue weighted by Crippen LogP contribution is 2.31. The largest absolute Gasteiger partial charge is 0.493 e. The minimum atomic E-state index is -0.216. The zero-order chi connectivity index (χ0) is 19.7. The Morgan fingerprint density at radius 2 is 1.79 bits per heavy atom. The maximum atomic E-state index is 6.42. The van der Waals surface area contributed by atoms with Crippen LogP contribution in [0.5, 0.6) is 11.5 Å². The standard InChI is InChI=1S/C20H21N5O2S/c1-12-4-6-13(7-5-12)19-22-23-20-25(19)24-18(28-20)11-15(21)14-8-9-16(26-2)17(10-14)27-3/h4-10,15H,11,21H2,1-3H3. The number of rotatable bonds is 6. The molecule has 2 aromatic carbocycles. The van der Waals surface area contributed by atoms with Crippen LogP contribution < -0.4 is 15.2 Å². The summed E-state index contributed by atoms with van der Waals surface area (Å²) in [6, 6.07) is 13.7. The SMILES string of the molecule is COc1ccc(C(N)Cc2nn3c(-c4ccc(C)cc4)nnc3s2)cc1OC. The van der Waals surface area contributed by atoms with Crippen molar-refractivity contribution >= 4 is 16.3 Å². The van der Waals surface area contributed by atoms with Gasteiger partial charge in [0.05, 0.1) is 14.2 Å². The molecule has 0 amide bonds. The molecule has 8 heteroatoms. The van der Waals surface area contributed by atoms with Crippen LogP contribution in [0.25, 0.3) is 16.3 Å². The summed E-state index contributed by atoms with van der Waals surface area (Å²) in [5.41, 5.74) is 9.57. The van der Waals surface area contributed by atoms with E-state index in [1.807, 2.05) is 30.3 Å². The normalized spacial score (nSPS) is 12.3. The van der Waals surface area contributed by atoms with E-state index in [0.29, 0.717) is 17.9 Å². The molecule has 0 bridgehead atoms. The molecule has 7 nitrogen and oxygen atoms in total. The van der Waals surface area contributed by atoms with Crippen LogP contribution in [0.2, 0.25) is 0 Å². The van der Waals surface area contributed by atoms with Gasteiger partial charge in [0, 0.05) is 18.0 Å². The predicted octanol–water partition coefficient (Wildman–Crippen LogP) is 3.42. The van der Waals surface area contributed by atoms with Gasteiger partial charge in [-0.05, 0) is 24.6 Å². The highest BCUT2D eigenvalue weighted by Gasteiger charge is 2.17. The number of nitrogens with two attached hydrogens (primary N) is 1. The molecule has 144 valence electrons. The van der Waals surface area contributed by atoms with Crippen LogP contribution in [0, 0.1) is 6.92 Å². The first-order chi connectivity index (χ1) is 13.6. The van der Waals surface area contributed by atoms with Crippen LogP contribution in [0.1, 0.15) is 22.2 Å². The van der Waals surface area contributed by atoms with Gasteiger partial charge in [-0.25, -0.2) is 0 Å². The average molecular weight is 395 g/mol. The maximum absolute atomic E-state index is 6.42.